The van der Waals surface area contributed by atoms with Gasteiger partial charge in [0.05, 0.1) is 17.8 Å². The molecule has 0 bridgehead atoms. The lowest BCUT2D eigenvalue weighted by Gasteiger charge is -2.16. The van der Waals surface area contributed by atoms with Crippen molar-refractivity contribution in [1.82, 2.24) is 23.6 Å². The highest BCUT2D eigenvalue weighted by molar-refractivity contribution is 7.89. The van der Waals surface area contributed by atoms with E-state index >= 15 is 0 Å². The molecule has 21 heavy (non-hydrogen) atoms. The number of aryl methyl sites for hydroxylation is 1. The molecule has 3 rings (SSSR count). The predicted molar refractivity (Wildman–Crippen MR) is 72.6 cm³/mol. The van der Waals surface area contributed by atoms with Crippen LogP contribution in [-0.2, 0) is 17.1 Å². The van der Waals surface area contributed by atoms with Crippen LogP contribution in [0.1, 0.15) is 18.0 Å². The Morgan fingerprint density at radius 1 is 1.48 bits per heavy atom. The van der Waals surface area contributed by atoms with E-state index in [0.29, 0.717) is 25.1 Å². The van der Waals surface area contributed by atoms with E-state index in [2.05, 4.69) is 10.1 Å². The van der Waals surface area contributed by atoms with Crippen molar-refractivity contribution in [2.45, 2.75) is 17.6 Å². The minimum Gasteiger partial charge on any atom is -0.324 e. The quantitative estimate of drug-likeness (QED) is 0.802. The van der Waals surface area contributed by atoms with Crippen molar-refractivity contribution < 1.29 is 8.42 Å². The van der Waals surface area contributed by atoms with Crippen LogP contribution in [0.3, 0.4) is 0 Å². The number of sulfonamides is 1. The molecule has 0 aliphatic carbocycles. The summed E-state index contributed by atoms with van der Waals surface area (Å²) in [6, 6.07) is 1.96. The highest BCUT2D eigenvalue weighted by Crippen LogP contribution is 2.26. The van der Waals surface area contributed by atoms with Crippen molar-refractivity contribution in [3.63, 3.8) is 0 Å². The molecule has 110 valence electrons. The fourth-order valence-electron chi connectivity index (χ4n) is 2.46. The summed E-state index contributed by atoms with van der Waals surface area (Å²) in [5, 5.41) is 13.0. The monoisotopic (exact) mass is 306 g/mol. The molecule has 0 radical (unpaired) electrons. The van der Waals surface area contributed by atoms with Gasteiger partial charge in [-0.15, -0.1) is 0 Å². The maximum Gasteiger partial charge on any atom is 0.277 e. The summed E-state index contributed by atoms with van der Waals surface area (Å²) in [5.74, 6) is 0. The van der Waals surface area contributed by atoms with Gasteiger partial charge in [0.25, 0.3) is 10.0 Å². The van der Waals surface area contributed by atoms with Crippen molar-refractivity contribution in [2.75, 3.05) is 13.1 Å². The van der Waals surface area contributed by atoms with Crippen LogP contribution >= 0.6 is 0 Å². The Balaban J connectivity index is 1.81. The molecule has 0 spiro atoms. The zero-order valence-corrected chi connectivity index (χ0v) is 12.2. The first-order chi connectivity index (χ1) is 10.0. The first-order valence-electron chi connectivity index (χ1n) is 6.44. The molecule has 2 aromatic heterocycles. The normalized spacial score (nSPS) is 19.7. The lowest BCUT2D eigenvalue weighted by molar-refractivity contribution is 0.429. The van der Waals surface area contributed by atoms with Crippen molar-refractivity contribution >= 4 is 10.0 Å². The molecular formula is C12H14N6O2S. The van der Waals surface area contributed by atoms with Gasteiger partial charge in [-0.25, -0.2) is 13.4 Å². The molecule has 1 aliphatic heterocycles. The Morgan fingerprint density at radius 2 is 2.29 bits per heavy atom. The van der Waals surface area contributed by atoms with E-state index in [0.717, 1.165) is 0 Å². The second-order valence-electron chi connectivity index (χ2n) is 4.95. The van der Waals surface area contributed by atoms with Gasteiger partial charge in [0.15, 0.2) is 0 Å². The molecule has 0 N–H and O–H groups in total. The summed E-state index contributed by atoms with van der Waals surface area (Å²) in [7, 11) is -1.93. The summed E-state index contributed by atoms with van der Waals surface area (Å²) in [4.78, 5) is 3.92. The predicted octanol–water partition coefficient (Wildman–Crippen LogP) is 0.124. The minimum atomic E-state index is -3.59. The van der Waals surface area contributed by atoms with E-state index in [1.54, 1.807) is 24.1 Å². The number of aromatic nitrogens is 4. The lowest BCUT2D eigenvalue weighted by atomic mass is 10.3. The Labute approximate surface area is 122 Å². The average Bonchev–Trinajstić information content (AvgIpc) is 3.18. The molecule has 9 heteroatoms. The van der Waals surface area contributed by atoms with Gasteiger partial charge in [0.1, 0.15) is 6.07 Å². The Kier molecular flexibility index (Phi) is 3.27. The number of imidazole rings is 1. The fourth-order valence-corrected chi connectivity index (χ4v) is 4.02. The zero-order valence-electron chi connectivity index (χ0n) is 11.4. The SMILES string of the molecule is Cn1ccnc1S(=O)(=O)N1CCC(n2cc(C#N)cn2)C1. The number of hydrogen-bond donors (Lipinski definition) is 0. The lowest BCUT2D eigenvalue weighted by Crippen LogP contribution is -2.31. The third kappa shape index (κ3) is 2.32. The van der Waals surface area contributed by atoms with E-state index in [9.17, 15) is 8.42 Å². The average molecular weight is 306 g/mol. The first-order valence-corrected chi connectivity index (χ1v) is 7.88. The molecule has 0 amide bonds. The molecule has 1 fully saturated rings. The number of hydrogen-bond acceptors (Lipinski definition) is 5. The van der Waals surface area contributed by atoms with Crippen LogP contribution in [-0.4, -0.2) is 45.1 Å². The van der Waals surface area contributed by atoms with Crippen LogP contribution in [0, 0.1) is 11.3 Å². The van der Waals surface area contributed by atoms with Gasteiger partial charge in [-0.3, -0.25) is 4.68 Å². The minimum absolute atomic E-state index is 0.0429. The highest BCUT2D eigenvalue weighted by Gasteiger charge is 2.35. The van der Waals surface area contributed by atoms with Crippen LogP contribution in [0.5, 0.6) is 0 Å². The fraction of sp³-hybridized carbons (Fsp3) is 0.417. The van der Waals surface area contributed by atoms with E-state index in [1.165, 1.54) is 21.3 Å². The second-order valence-corrected chi connectivity index (χ2v) is 6.78. The molecular weight excluding hydrogens is 292 g/mol. The van der Waals surface area contributed by atoms with E-state index in [4.69, 9.17) is 5.26 Å². The largest absolute Gasteiger partial charge is 0.324 e. The molecule has 0 saturated carbocycles. The summed E-state index contributed by atoms with van der Waals surface area (Å²) in [6.45, 7) is 0.753. The van der Waals surface area contributed by atoms with Gasteiger partial charge < -0.3 is 4.57 Å². The first kappa shape index (κ1) is 13.8. The number of rotatable bonds is 3. The van der Waals surface area contributed by atoms with Gasteiger partial charge in [-0.05, 0) is 6.42 Å². The van der Waals surface area contributed by atoms with Crippen LogP contribution in [0.15, 0.2) is 29.9 Å². The van der Waals surface area contributed by atoms with Crippen LogP contribution in [0.25, 0.3) is 0 Å². The van der Waals surface area contributed by atoms with E-state index in [-0.39, 0.29) is 11.2 Å². The maximum atomic E-state index is 12.5. The zero-order chi connectivity index (χ0) is 15.0. The summed E-state index contributed by atoms with van der Waals surface area (Å²) >= 11 is 0. The molecule has 1 saturated heterocycles. The van der Waals surface area contributed by atoms with Crippen LogP contribution < -0.4 is 0 Å². The topological polar surface area (TPSA) is 96.8 Å². The molecule has 1 unspecified atom stereocenters. The second kappa shape index (κ2) is 4.98. The molecule has 1 atom stereocenters. The van der Waals surface area contributed by atoms with Gasteiger partial charge >= 0.3 is 0 Å². The van der Waals surface area contributed by atoms with Crippen molar-refractivity contribution in [2.24, 2.45) is 7.05 Å². The van der Waals surface area contributed by atoms with Gasteiger partial charge in [0.2, 0.25) is 5.16 Å². The number of nitrogens with zero attached hydrogens (tertiary/aromatic N) is 6. The molecule has 3 heterocycles. The molecule has 8 nitrogen and oxygen atoms in total. The van der Waals surface area contributed by atoms with Gasteiger partial charge in [-0.1, -0.05) is 0 Å². The maximum absolute atomic E-state index is 12.5. The number of nitriles is 1. The van der Waals surface area contributed by atoms with Gasteiger partial charge in [0, 0.05) is 38.7 Å². The van der Waals surface area contributed by atoms with Crippen molar-refractivity contribution in [1.29, 1.82) is 5.26 Å². The third-order valence-corrected chi connectivity index (χ3v) is 5.44. The molecule has 2 aromatic rings. The Hall–Kier alpha value is -2.18. The van der Waals surface area contributed by atoms with Gasteiger partial charge in [-0.2, -0.15) is 14.7 Å². The Bertz CT molecular complexity index is 800. The summed E-state index contributed by atoms with van der Waals surface area (Å²) in [5.41, 5.74) is 0.473. The van der Waals surface area contributed by atoms with Crippen LogP contribution in [0.4, 0.5) is 0 Å². The van der Waals surface area contributed by atoms with E-state index < -0.39 is 10.0 Å². The standard InChI is InChI=1S/C12H14N6O2S/c1-16-5-3-14-12(16)21(19,20)17-4-2-11(9-17)18-8-10(6-13)7-15-18/h3,5,7-8,11H,2,4,9H2,1H3. The van der Waals surface area contributed by atoms with Crippen LogP contribution in [0.2, 0.25) is 0 Å². The van der Waals surface area contributed by atoms with Crippen molar-refractivity contribution in [3.8, 4) is 6.07 Å². The Morgan fingerprint density at radius 3 is 2.90 bits per heavy atom. The molecule has 1 aliphatic rings. The molecule has 0 aromatic carbocycles. The van der Waals surface area contributed by atoms with E-state index in [1.807, 2.05) is 6.07 Å². The smallest absolute Gasteiger partial charge is 0.277 e. The summed E-state index contributed by atoms with van der Waals surface area (Å²) in [6.07, 6.45) is 6.86. The third-order valence-electron chi connectivity index (χ3n) is 3.58. The highest BCUT2D eigenvalue weighted by atomic mass is 32.2. The summed E-state index contributed by atoms with van der Waals surface area (Å²) < 4.78 is 29.6. The van der Waals surface area contributed by atoms with Crippen molar-refractivity contribution in [3.05, 3.63) is 30.4 Å².